The van der Waals surface area contributed by atoms with Crippen molar-refractivity contribution in [3.8, 4) is 5.75 Å². The number of anilines is 1. The van der Waals surface area contributed by atoms with Crippen molar-refractivity contribution in [1.29, 1.82) is 0 Å². The second-order valence-corrected chi connectivity index (χ2v) is 6.61. The number of carbonyl (C=O) groups is 3. The number of aromatic nitrogens is 1. The molecule has 2 aromatic carbocycles. The Morgan fingerprint density at radius 3 is 2.75 bits per heavy atom. The molecule has 0 aliphatic carbocycles. The number of nitrogens with zero attached hydrogens (tertiary/aromatic N) is 1. The number of fused-ring (bicyclic) bond motifs is 2. The lowest BCUT2D eigenvalue weighted by molar-refractivity contribution is -0.118. The molecule has 1 amide bonds. The number of Topliss-reactive ketones (excluding diaryl/α,β-unsaturated/α-hetero) is 1. The number of nitrogens with one attached hydrogen (secondary N) is 1. The second-order valence-electron chi connectivity index (χ2n) is 6.61. The molecule has 1 aromatic heterocycles. The maximum Gasteiger partial charge on any atom is 0.355 e. The Balaban J connectivity index is 1.53. The fourth-order valence-electron chi connectivity index (χ4n) is 3.23. The number of benzene rings is 2. The number of aryl methyl sites for hydroxylation is 1. The van der Waals surface area contributed by atoms with Gasteiger partial charge in [-0.3, -0.25) is 9.59 Å². The van der Waals surface area contributed by atoms with Crippen LogP contribution in [0.2, 0.25) is 0 Å². The summed E-state index contributed by atoms with van der Waals surface area (Å²) in [5.41, 5.74) is 2.02. The number of hydrogen-bond donors (Lipinski definition) is 1. The lowest BCUT2D eigenvalue weighted by Crippen LogP contribution is -2.27. The van der Waals surface area contributed by atoms with Crippen LogP contribution in [0.5, 0.6) is 5.75 Å². The Hall–Kier alpha value is -3.61. The second kappa shape index (κ2) is 6.84. The summed E-state index contributed by atoms with van der Waals surface area (Å²) in [6, 6.07) is 14.1. The maximum absolute atomic E-state index is 12.7. The molecule has 1 aliphatic rings. The van der Waals surface area contributed by atoms with E-state index < -0.39 is 12.1 Å². The van der Waals surface area contributed by atoms with E-state index in [0.717, 1.165) is 10.9 Å². The standard InChI is InChI=1S/C21H18N2O5/c1-12(20(25)14-7-8-18-15(9-14)22-19(24)11-27-18)28-21(26)17-10-13-5-3-4-6-16(13)23(17)2/h3-10,12H,11H2,1-2H3,(H,22,24). The number of amides is 1. The minimum absolute atomic E-state index is 0.0562. The predicted molar refractivity (Wildman–Crippen MR) is 103 cm³/mol. The van der Waals surface area contributed by atoms with Gasteiger partial charge < -0.3 is 19.4 Å². The highest BCUT2D eigenvalue weighted by Gasteiger charge is 2.24. The summed E-state index contributed by atoms with van der Waals surface area (Å²) in [7, 11) is 1.78. The fraction of sp³-hybridized carbons (Fsp3) is 0.190. The highest BCUT2D eigenvalue weighted by atomic mass is 16.5. The fourth-order valence-corrected chi connectivity index (χ4v) is 3.23. The van der Waals surface area contributed by atoms with Gasteiger partial charge in [-0.1, -0.05) is 18.2 Å². The van der Waals surface area contributed by atoms with E-state index in [4.69, 9.17) is 9.47 Å². The molecular formula is C21H18N2O5. The van der Waals surface area contributed by atoms with Crippen molar-refractivity contribution >= 4 is 34.3 Å². The zero-order chi connectivity index (χ0) is 19.8. The highest BCUT2D eigenvalue weighted by molar-refractivity contribution is 6.04. The topological polar surface area (TPSA) is 86.6 Å². The number of carbonyl (C=O) groups excluding carboxylic acids is 3. The Morgan fingerprint density at radius 2 is 1.96 bits per heavy atom. The third-order valence-electron chi connectivity index (χ3n) is 4.71. The van der Waals surface area contributed by atoms with Gasteiger partial charge in [0.1, 0.15) is 11.4 Å². The third-order valence-corrected chi connectivity index (χ3v) is 4.71. The molecule has 0 radical (unpaired) electrons. The summed E-state index contributed by atoms with van der Waals surface area (Å²) in [4.78, 5) is 36.7. The zero-order valence-electron chi connectivity index (χ0n) is 15.4. The van der Waals surface area contributed by atoms with E-state index >= 15 is 0 Å². The summed E-state index contributed by atoms with van der Waals surface area (Å²) < 4.78 is 12.4. The molecule has 0 saturated heterocycles. The van der Waals surface area contributed by atoms with Gasteiger partial charge in [0.2, 0.25) is 5.78 Å². The average molecular weight is 378 g/mol. The Bertz CT molecular complexity index is 1120. The van der Waals surface area contributed by atoms with E-state index in [1.165, 1.54) is 13.0 Å². The monoisotopic (exact) mass is 378 g/mol. The molecule has 0 bridgehead atoms. The largest absolute Gasteiger partial charge is 0.482 e. The molecule has 7 nitrogen and oxygen atoms in total. The van der Waals surface area contributed by atoms with Crippen molar-refractivity contribution < 1.29 is 23.9 Å². The molecule has 1 aliphatic heterocycles. The Labute approximate surface area is 160 Å². The molecule has 2 heterocycles. The number of rotatable bonds is 4. The number of esters is 1. The molecule has 7 heteroatoms. The number of ether oxygens (including phenoxy) is 2. The Kier molecular flexibility index (Phi) is 4.35. The highest BCUT2D eigenvalue weighted by Crippen LogP contribution is 2.29. The summed E-state index contributed by atoms with van der Waals surface area (Å²) in [5, 5.41) is 3.57. The maximum atomic E-state index is 12.7. The Morgan fingerprint density at radius 1 is 1.18 bits per heavy atom. The molecule has 142 valence electrons. The summed E-state index contributed by atoms with van der Waals surface area (Å²) in [5.74, 6) is -0.729. The van der Waals surface area contributed by atoms with Crippen LogP contribution in [0.3, 0.4) is 0 Å². The van der Waals surface area contributed by atoms with Crippen LogP contribution in [-0.2, 0) is 16.6 Å². The minimum Gasteiger partial charge on any atom is -0.482 e. The molecule has 0 saturated carbocycles. The van der Waals surface area contributed by atoms with Gasteiger partial charge in [-0.05, 0) is 37.3 Å². The van der Waals surface area contributed by atoms with E-state index in [-0.39, 0.29) is 18.3 Å². The summed E-state index contributed by atoms with van der Waals surface area (Å²) >= 11 is 0. The smallest absolute Gasteiger partial charge is 0.355 e. The van der Waals surface area contributed by atoms with Gasteiger partial charge in [0.05, 0.1) is 5.69 Å². The lowest BCUT2D eigenvalue weighted by atomic mass is 10.1. The van der Waals surface area contributed by atoms with Crippen LogP contribution < -0.4 is 10.1 Å². The molecule has 1 N–H and O–H groups in total. The van der Waals surface area contributed by atoms with Crippen LogP contribution >= 0.6 is 0 Å². The van der Waals surface area contributed by atoms with Crippen LogP contribution in [0, 0.1) is 0 Å². The number of para-hydroxylation sites is 1. The van der Waals surface area contributed by atoms with Crippen molar-refractivity contribution in [2.75, 3.05) is 11.9 Å². The summed E-state index contributed by atoms with van der Waals surface area (Å²) in [6.07, 6.45) is -0.983. The van der Waals surface area contributed by atoms with Gasteiger partial charge in [0.25, 0.3) is 5.91 Å². The van der Waals surface area contributed by atoms with Crippen molar-refractivity contribution in [3.63, 3.8) is 0 Å². The minimum atomic E-state index is -0.983. The van der Waals surface area contributed by atoms with Crippen LogP contribution in [-0.4, -0.2) is 34.9 Å². The molecule has 0 fully saturated rings. The van der Waals surface area contributed by atoms with E-state index in [2.05, 4.69) is 5.32 Å². The van der Waals surface area contributed by atoms with Crippen molar-refractivity contribution in [2.45, 2.75) is 13.0 Å². The van der Waals surface area contributed by atoms with E-state index in [0.29, 0.717) is 22.7 Å². The molecule has 4 rings (SSSR count). The molecule has 1 atom stereocenters. The third kappa shape index (κ3) is 3.11. The van der Waals surface area contributed by atoms with Gasteiger partial charge >= 0.3 is 5.97 Å². The predicted octanol–water partition coefficient (Wildman–Crippen LogP) is 2.94. The van der Waals surface area contributed by atoms with E-state index in [1.54, 1.807) is 29.8 Å². The lowest BCUT2D eigenvalue weighted by Gasteiger charge is -2.19. The van der Waals surface area contributed by atoms with E-state index in [1.807, 2.05) is 24.3 Å². The van der Waals surface area contributed by atoms with Crippen LogP contribution in [0.1, 0.15) is 27.8 Å². The number of ketones is 1. The first kappa shape index (κ1) is 17.8. The van der Waals surface area contributed by atoms with Crippen LogP contribution in [0.25, 0.3) is 10.9 Å². The van der Waals surface area contributed by atoms with Gasteiger partial charge in [0, 0.05) is 23.5 Å². The quantitative estimate of drug-likeness (QED) is 0.557. The van der Waals surface area contributed by atoms with Crippen LogP contribution in [0.15, 0.2) is 48.5 Å². The average Bonchev–Trinajstić information content (AvgIpc) is 3.03. The van der Waals surface area contributed by atoms with Crippen molar-refractivity contribution in [1.82, 2.24) is 4.57 Å². The molecule has 28 heavy (non-hydrogen) atoms. The van der Waals surface area contributed by atoms with Gasteiger partial charge in [-0.2, -0.15) is 0 Å². The van der Waals surface area contributed by atoms with Crippen molar-refractivity contribution in [2.24, 2.45) is 7.05 Å². The molecular weight excluding hydrogens is 360 g/mol. The first-order valence-corrected chi connectivity index (χ1v) is 8.80. The van der Waals surface area contributed by atoms with Crippen molar-refractivity contribution in [3.05, 3.63) is 59.8 Å². The van der Waals surface area contributed by atoms with Gasteiger partial charge in [-0.15, -0.1) is 0 Å². The molecule has 1 unspecified atom stereocenters. The van der Waals surface area contributed by atoms with Crippen LogP contribution in [0.4, 0.5) is 5.69 Å². The molecule has 3 aromatic rings. The summed E-state index contributed by atoms with van der Waals surface area (Å²) in [6.45, 7) is 1.47. The van der Waals surface area contributed by atoms with Gasteiger partial charge in [-0.25, -0.2) is 4.79 Å². The SMILES string of the molecule is CC(OC(=O)c1cc2ccccc2n1C)C(=O)c1ccc2c(c1)NC(=O)CO2. The molecule has 0 spiro atoms. The first-order chi connectivity index (χ1) is 13.4. The first-order valence-electron chi connectivity index (χ1n) is 8.80. The normalized spacial score (nSPS) is 14.0. The van der Waals surface area contributed by atoms with E-state index in [9.17, 15) is 14.4 Å². The number of hydrogen-bond acceptors (Lipinski definition) is 5. The van der Waals surface area contributed by atoms with Gasteiger partial charge in [0.15, 0.2) is 12.7 Å². The zero-order valence-corrected chi connectivity index (χ0v) is 15.4.